The van der Waals surface area contributed by atoms with Gasteiger partial charge in [-0.25, -0.2) is 0 Å². The van der Waals surface area contributed by atoms with Crippen LogP contribution in [0.3, 0.4) is 0 Å². The average molecular weight is 690 g/mol. The van der Waals surface area contributed by atoms with Crippen LogP contribution in [0.25, 0.3) is 0 Å². The van der Waals surface area contributed by atoms with Gasteiger partial charge in [0, 0.05) is 42.6 Å². The Morgan fingerprint density at radius 1 is 0.854 bits per heavy atom. The molecule has 3 heterocycles. The molecule has 0 aliphatic carbocycles. The number of hydrogen-bond donors (Lipinski definition) is 5. The van der Waals surface area contributed by atoms with Crippen molar-refractivity contribution >= 4 is 11.8 Å². The van der Waals surface area contributed by atoms with E-state index in [9.17, 15) is 35.1 Å². The molecule has 0 bridgehead atoms. The lowest BCUT2D eigenvalue weighted by atomic mass is 9.79. The second-order valence-electron chi connectivity index (χ2n) is 15.3. The van der Waals surface area contributed by atoms with Gasteiger partial charge < -0.3 is 54.1 Å². The Kier molecular flexibility index (Phi) is 14.4. The third-order valence-corrected chi connectivity index (χ3v) is 11.1. The highest BCUT2D eigenvalue weighted by Crippen LogP contribution is 2.37. The maximum Gasteiger partial charge on any atom is 0.311 e. The first-order chi connectivity index (χ1) is 22.2. The van der Waals surface area contributed by atoms with Gasteiger partial charge in [0.15, 0.2) is 12.6 Å². The first-order valence-corrected chi connectivity index (χ1v) is 17.7. The summed E-state index contributed by atoms with van der Waals surface area (Å²) in [5.74, 6) is -4.87. The van der Waals surface area contributed by atoms with E-state index in [1.54, 1.807) is 41.5 Å². The number of aliphatic hydroxyl groups excluding tert-OH is 4. The second kappa shape index (κ2) is 16.8. The number of carbonyl (C=O) groups excluding carboxylic acids is 2. The van der Waals surface area contributed by atoms with Crippen LogP contribution in [0.15, 0.2) is 0 Å². The molecule has 3 saturated heterocycles. The van der Waals surface area contributed by atoms with Crippen LogP contribution in [0.4, 0.5) is 0 Å². The smallest absolute Gasteiger partial charge is 0.311 e. The van der Waals surface area contributed by atoms with E-state index in [-0.39, 0.29) is 30.8 Å². The maximum absolute atomic E-state index is 13.9. The van der Waals surface area contributed by atoms with Crippen LogP contribution in [-0.4, -0.2) is 135 Å². The van der Waals surface area contributed by atoms with Gasteiger partial charge in [0.1, 0.15) is 24.1 Å². The van der Waals surface area contributed by atoms with E-state index in [0.717, 1.165) is 0 Å². The van der Waals surface area contributed by atoms with Gasteiger partial charge in [0.2, 0.25) is 0 Å². The predicted octanol–water partition coefficient (Wildman–Crippen LogP) is 1.63. The minimum atomic E-state index is -1.54. The Hall–Kier alpha value is -1.26. The number of aliphatic hydroxyl groups is 5. The van der Waals surface area contributed by atoms with Gasteiger partial charge in [0.05, 0.1) is 48.1 Å². The van der Waals surface area contributed by atoms with Crippen LogP contribution in [0.1, 0.15) is 88.0 Å². The zero-order valence-corrected chi connectivity index (χ0v) is 30.7. The quantitative estimate of drug-likeness (QED) is 0.254. The summed E-state index contributed by atoms with van der Waals surface area (Å²) in [4.78, 5) is 29.4. The van der Waals surface area contributed by atoms with Gasteiger partial charge >= 0.3 is 5.97 Å². The van der Waals surface area contributed by atoms with Crippen molar-refractivity contribution in [2.24, 2.45) is 29.6 Å². The molecule has 0 aromatic heterocycles. The summed E-state index contributed by atoms with van der Waals surface area (Å²) < 4.78 is 31.1. The number of nitrogens with zero attached hydrogens (tertiary/aromatic N) is 1. The standard InChI is InChI=1S/C35H63NO12/c1-12-25-18(4)29(39)20(6)28(38)17(3)24(37)14-26(47-34-30(40)23(36(10)11)13-16(2)44-34)19(5)31(21(7)33(42)46-25)48-27-15-35(9,43)32(41)22(8)45-27/h16-27,29-32,34,37,39-41,43H,12-15H2,1-11H3/t16-,17-,18-,19-,20+,21-,22+,23+,24?,25-,26+,27+,29+,30-,31+,32+,34-,35-/m1/s1. The van der Waals surface area contributed by atoms with Crippen molar-refractivity contribution in [1.82, 2.24) is 4.90 Å². The van der Waals surface area contributed by atoms with Crippen molar-refractivity contribution in [3.63, 3.8) is 0 Å². The van der Waals surface area contributed by atoms with Crippen LogP contribution in [0.2, 0.25) is 0 Å². The van der Waals surface area contributed by atoms with Gasteiger partial charge in [0.25, 0.3) is 0 Å². The molecule has 48 heavy (non-hydrogen) atoms. The third-order valence-electron chi connectivity index (χ3n) is 11.1. The molecule has 1 unspecified atom stereocenters. The summed E-state index contributed by atoms with van der Waals surface area (Å²) in [6.45, 7) is 15.2. The Balaban J connectivity index is 2.09. The summed E-state index contributed by atoms with van der Waals surface area (Å²) in [5, 5.41) is 55.6. The molecule has 3 rings (SSSR count). The number of likely N-dealkylation sites (N-methyl/N-ethyl adjacent to an activating group) is 1. The summed E-state index contributed by atoms with van der Waals surface area (Å²) in [5.41, 5.74) is -1.54. The highest BCUT2D eigenvalue weighted by molar-refractivity contribution is 5.84. The number of ether oxygens (including phenoxy) is 5. The van der Waals surface area contributed by atoms with Gasteiger partial charge in [-0.15, -0.1) is 0 Å². The van der Waals surface area contributed by atoms with Crippen molar-refractivity contribution in [2.75, 3.05) is 14.1 Å². The molecule has 18 atom stereocenters. The fourth-order valence-electron chi connectivity index (χ4n) is 7.55. The largest absolute Gasteiger partial charge is 0.462 e. The number of ketones is 1. The van der Waals surface area contributed by atoms with Crippen LogP contribution in [0.5, 0.6) is 0 Å². The molecule has 13 nitrogen and oxygen atoms in total. The molecule has 0 aromatic rings. The molecular weight excluding hydrogens is 626 g/mol. The molecule has 5 N–H and O–H groups in total. The van der Waals surface area contributed by atoms with Gasteiger partial charge in [-0.2, -0.15) is 0 Å². The Morgan fingerprint density at radius 3 is 2.04 bits per heavy atom. The molecule has 3 aliphatic rings. The van der Waals surface area contributed by atoms with Crippen LogP contribution < -0.4 is 0 Å². The van der Waals surface area contributed by atoms with Gasteiger partial charge in [-0.05, 0) is 54.6 Å². The Morgan fingerprint density at radius 2 is 1.48 bits per heavy atom. The first kappa shape index (κ1) is 41.2. The van der Waals surface area contributed by atoms with E-state index < -0.39 is 103 Å². The fraction of sp³-hybridized carbons (Fsp3) is 0.943. The predicted molar refractivity (Wildman–Crippen MR) is 175 cm³/mol. The van der Waals surface area contributed by atoms with Crippen LogP contribution >= 0.6 is 0 Å². The number of rotatable bonds is 6. The van der Waals surface area contributed by atoms with Crippen LogP contribution in [-0.2, 0) is 33.3 Å². The average Bonchev–Trinajstić information content (AvgIpc) is 3.02. The number of Topliss-reactive ketones (excluding diaryl/α,β-unsaturated/α-hetero) is 1. The summed E-state index contributed by atoms with van der Waals surface area (Å²) in [7, 11) is 3.72. The summed E-state index contributed by atoms with van der Waals surface area (Å²) in [6.07, 6.45) is -9.55. The van der Waals surface area contributed by atoms with E-state index in [1.165, 1.54) is 6.92 Å². The van der Waals surface area contributed by atoms with E-state index in [4.69, 9.17) is 23.7 Å². The van der Waals surface area contributed by atoms with Crippen molar-refractivity contribution in [3.05, 3.63) is 0 Å². The monoisotopic (exact) mass is 689 g/mol. The lowest BCUT2D eigenvalue weighted by molar-refractivity contribution is -0.304. The molecule has 0 spiro atoms. The SMILES string of the molecule is CC[C@H]1OC(=O)[C@H](C)[C@@H](O[C@H]2C[C@@](C)(O)[C@@H](O)[C@H](C)O2)[C@H](C)[C@@H](O[C@H]2O[C@H](C)C[C@H](N(C)C)[C@H]2O)CC(O)[C@@H](C)C(=O)[C@H](C)[C@@H](O)[C@@H]1C. The van der Waals surface area contributed by atoms with Crippen molar-refractivity contribution < 1.29 is 58.8 Å². The Bertz CT molecular complexity index is 1060. The van der Waals surface area contributed by atoms with Gasteiger partial charge in [-0.3, -0.25) is 9.59 Å². The second-order valence-corrected chi connectivity index (χ2v) is 15.3. The lowest BCUT2D eigenvalue weighted by Gasteiger charge is -2.46. The lowest BCUT2D eigenvalue weighted by Crippen LogP contribution is -2.57. The molecule has 13 heteroatoms. The zero-order valence-electron chi connectivity index (χ0n) is 30.7. The van der Waals surface area contributed by atoms with Crippen molar-refractivity contribution in [1.29, 1.82) is 0 Å². The summed E-state index contributed by atoms with van der Waals surface area (Å²) >= 11 is 0. The van der Waals surface area contributed by atoms with E-state index in [1.807, 2.05) is 32.8 Å². The molecule has 3 fully saturated rings. The molecule has 3 aliphatic heterocycles. The minimum Gasteiger partial charge on any atom is -0.462 e. The topological polar surface area (TPSA) is 185 Å². The Labute approximate surface area is 286 Å². The normalized spacial score (nSPS) is 49.0. The molecule has 0 radical (unpaired) electrons. The van der Waals surface area contributed by atoms with Gasteiger partial charge in [-0.1, -0.05) is 34.6 Å². The molecular formula is C35H63NO12. The minimum absolute atomic E-state index is 0.0857. The van der Waals surface area contributed by atoms with E-state index in [0.29, 0.717) is 12.8 Å². The number of cyclic esters (lactones) is 1. The molecule has 0 saturated carbocycles. The number of hydrogen-bond acceptors (Lipinski definition) is 13. The number of esters is 1. The first-order valence-electron chi connectivity index (χ1n) is 17.7. The summed E-state index contributed by atoms with van der Waals surface area (Å²) in [6, 6.07) is -0.278. The van der Waals surface area contributed by atoms with Crippen molar-refractivity contribution in [3.8, 4) is 0 Å². The zero-order chi connectivity index (χ0) is 36.4. The van der Waals surface area contributed by atoms with E-state index in [2.05, 4.69) is 0 Å². The van der Waals surface area contributed by atoms with Crippen molar-refractivity contribution in [2.45, 2.75) is 167 Å². The maximum atomic E-state index is 13.9. The highest BCUT2D eigenvalue weighted by Gasteiger charge is 2.48. The highest BCUT2D eigenvalue weighted by atomic mass is 16.7. The third kappa shape index (κ3) is 9.34. The van der Waals surface area contributed by atoms with E-state index >= 15 is 0 Å². The van der Waals surface area contributed by atoms with Crippen LogP contribution in [0, 0.1) is 29.6 Å². The molecule has 0 aromatic carbocycles. The fourth-order valence-corrected chi connectivity index (χ4v) is 7.55. The molecule has 280 valence electrons. The molecule has 0 amide bonds. The number of carbonyl (C=O) groups is 2.